The first-order valence-corrected chi connectivity index (χ1v) is 6.24. The van der Waals surface area contributed by atoms with Gasteiger partial charge >= 0.3 is 0 Å². The molecule has 2 aromatic carbocycles. The number of nitriles is 1. The summed E-state index contributed by atoms with van der Waals surface area (Å²) >= 11 is 3.38. The van der Waals surface area contributed by atoms with Gasteiger partial charge in [0.25, 0.3) is 0 Å². The van der Waals surface area contributed by atoms with Gasteiger partial charge in [-0.3, -0.25) is 0 Å². The fourth-order valence-corrected chi connectivity index (χ4v) is 1.85. The average molecular weight is 319 g/mol. The molecule has 0 amide bonds. The molecule has 0 saturated heterocycles. The van der Waals surface area contributed by atoms with E-state index in [0.717, 1.165) is 4.47 Å². The van der Waals surface area contributed by atoms with Crippen molar-refractivity contribution in [1.82, 2.24) is 0 Å². The van der Waals surface area contributed by atoms with E-state index in [0.29, 0.717) is 28.5 Å². The normalized spacial score (nSPS) is 9.74. The van der Waals surface area contributed by atoms with Crippen LogP contribution in [0.4, 0.5) is 5.69 Å². The van der Waals surface area contributed by atoms with Gasteiger partial charge < -0.3 is 15.2 Å². The molecule has 0 radical (unpaired) electrons. The maximum absolute atomic E-state index is 9.08. The third-order valence-electron chi connectivity index (χ3n) is 2.48. The molecule has 0 saturated carbocycles. The van der Waals surface area contributed by atoms with Crippen LogP contribution in [-0.4, -0.2) is 7.11 Å². The number of rotatable bonds is 3. The second-order valence-electron chi connectivity index (χ2n) is 3.77. The van der Waals surface area contributed by atoms with Crippen LogP contribution in [-0.2, 0) is 0 Å². The van der Waals surface area contributed by atoms with Crippen molar-refractivity contribution in [3.63, 3.8) is 0 Å². The Kier molecular flexibility index (Phi) is 3.93. The molecular weight excluding hydrogens is 308 g/mol. The van der Waals surface area contributed by atoms with E-state index >= 15 is 0 Å². The van der Waals surface area contributed by atoms with Gasteiger partial charge in [0.2, 0.25) is 0 Å². The van der Waals surface area contributed by atoms with Crippen LogP contribution < -0.4 is 15.2 Å². The predicted octanol–water partition coefficient (Wildman–Crippen LogP) is 3.70. The molecule has 19 heavy (non-hydrogen) atoms. The maximum atomic E-state index is 9.08. The zero-order valence-corrected chi connectivity index (χ0v) is 11.8. The zero-order chi connectivity index (χ0) is 13.8. The Morgan fingerprint density at radius 1 is 1.16 bits per heavy atom. The highest BCUT2D eigenvalue weighted by Gasteiger charge is 2.09. The number of nitrogens with two attached hydrogens (primary N) is 1. The zero-order valence-electron chi connectivity index (χ0n) is 10.2. The number of halogens is 1. The first-order chi connectivity index (χ1) is 9.13. The summed E-state index contributed by atoms with van der Waals surface area (Å²) in [6, 6.07) is 12.3. The maximum Gasteiger partial charge on any atom is 0.148 e. The lowest BCUT2D eigenvalue weighted by Crippen LogP contribution is -1.93. The summed E-state index contributed by atoms with van der Waals surface area (Å²) in [5.41, 5.74) is 6.73. The summed E-state index contributed by atoms with van der Waals surface area (Å²) in [7, 11) is 1.56. The van der Waals surface area contributed by atoms with E-state index in [1.54, 1.807) is 43.5 Å². The van der Waals surface area contributed by atoms with Gasteiger partial charge in [0, 0.05) is 17.8 Å². The molecule has 0 spiro atoms. The third-order valence-corrected chi connectivity index (χ3v) is 3.14. The molecule has 0 aliphatic carbocycles. The number of nitrogen functional groups attached to an aromatic ring is 1. The number of methoxy groups -OCH3 is 1. The van der Waals surface area contributed by atoms with E-state index in [2.05, 4.69) is 22.0 Å². The van der Waals surface area contributed by atoms with Gasteiger partial charge in [0.05, 0.1) is 17.1 Å². The molecule has 96 valence electrons. The predicted molar refractivity (Wildman–Crippen MR) is 76.3 cm³/mol. The molecule has 0 atom stereocenters. The SMILES string of the molecule is COc1ccc(C#N)c(Oc2cc(N)ccc2Br)c1. The number of anilines is 1. The standard InChI is InChI=1S/C14H11BrN2O2/c1-18-11-4-2-9(8-16)13(7-11)19-14-6-10(17)3-5-12(14)15/h2-7H,17H2,1H3. The molecule has 0 bridgehead atoms. The van der Waals surface area contributed by atoms with Crippen molar-refractivity contribution in [2.75, 3.05) is 12.8 Å². The topological polar surface area (TPSA) is 68.3 Å². The summed E-state index contributed by atoms with van der Waals surface area (Å²) in [6.07, 6.45) is 0. The Hall–Kier alpha value is -2.19. The van der Waals surface area contributed by atoms with Crippen LogP contribution in [0.2, 0.25) is 0 Å². The van der Waals surface area contributed by atoms with Crippen molar-refractivity contribution < 1.29 is 9.47 Å². The summed E-state index contributed by atoms with van der Waals surface area (Å²) in [4.78, 5) is 0. The number of hydrogen-bond acceptors (Lipinski definition) is 4. The van der Waals surface area contributed by atoms with Gasteiger partial charge in [0.1, 0.15) is 23.3 Å². The van der Waals surface area contributed by atoms with E-state index in [-0.39, 0.29) is 0 Å². The largest absolute Gasteiger partial charge is 0.497 e. The Balaban J connectivity index is 2.42. The monoisotopic (exact) mass is 318 g/mol. The summed E-state index contributed by atoms with van der Waals surface area (Å²) in [6.45, 7) is 0. The van der Waals surface area contributed by atoms with Crippen molar-refractivity contribution in [2.45, 2.75) is 0 Å². The highest BCUT2D eigenvalue weighted by atomic mass is 79.9. The van der Waals surface area contributed by atoms with Crippen LogP contribution in [0.1, 0.15) is 5.56 Å². The number of ether oxygens (including phenoxy) is 2. The Bertz CT molecular complexity index is 650. The lowest BCUT2D eigenvalue weighted by molar-refractivity contribution is 0.408. The number of benzene rings is 2. The smallest absolute Gasteiger partial charge is 0.148 e. The van der Waals surface area contributed by atoms with Crippen LogP contribution in [0.3, 0.4) is 0 Å². The van der Waals surface area contributed by atoms with Crippen LogP contribution in [0, 0.1) is 11.3 Å². The van der Waals surface area contributed by atoms with Gasteiger partial charge in [-0.1, -0.05) is 0 Å². The lowest BCUT2D eigenvalue weighted by Gasteiger charge is -2.11. The fourth-order valence-electron chi connectivity index (χ4n) is 1.52. The molecule has 0 heterocycles. The van der Waals surface area contributed by atoms with Crippen molar-refractivity contribution >= 4 is 21.6 Å². The average Bonchev–Trinajstić information content (AvgIpc) is 2.42. The first kappa shape index (κ1) is 13.2. The minimum Gasteiger partial charge on any atom is -0.497 e. The van der Waals surface area contributed by atoms with E-state index in [1.807, 2.05) is 0 Å². The van der Waals surface area contributed by atoms with Crippen molar-refractivity contribution in [2.24, 2.45) is 0 Å². The van der Waals surface area contributed by atoms with Gasteiger partial charge in [-0.2, -0.15) is 5.26 Å². The highest BCUT2D eigenvalue weighted by Crippen LogP contribution is 2.34. The summed E-state index contributed by atoms with van der Waals surface area (Å²) < 4.78 is 11.6. The van der Waals surface area contributed by atoms with Crippen molar-refractivity contribution in [3.05, 3.63) is 46.4 Å². The second kappa shape index (κ2) is 5.63. The summed E-state index contributed by atoms with van der Waals surface area (Å²) in [5.74, 6) is 1.59. The molecular formula is C14H11BrN2O2. The molecule has 4 nitrogen and oxygen atoms in total. The number of nitrogens with zero attached hydrogens (tertiary/aromatic N) is 1. The van der Waals surface area contributed by atoms with E-state index in [1.165, 1.54) is 0 Å². The highest BCUT2D eigenvalue weighted by molar-refractivity contribution is 9.10. The minimum atomic E-state index is 0.424. The third kappa shape index (κ3) is 2.98. The number of hydrogen-bond donors (Lipinski definition) is 1. The van der Waals surface area contributed by atoms with Crippen molar-refractivity contribution in [1.29, 1.82) is 5.26 Å². The van der Waals surface area contributed by atoms with Crippen LogP contribution in [0.15, 0.2) is 40.9 Å². The Labute approximate surface area is 119 Å². The van der Waals surface area contributed by atoms with Gasteiger partial charge in [-0.25, -0.2) is 0 Å². The summed E-state index contributed by atoms with van der Waals surface area (Å²) in [5, 5.41) is 9.08. The molecule has 2 N–H and O–H groups in total. The van der Waals surface area contributed by atoms with E-state index in [9.17, 15) is 0 Å². The molecule has 2 aromatic rings. The Morgan fingerprint density at radius 3 is 2.63 bits per heavy atom. The second-order valence-corrected chi connectivity index (χ2v) is 4.62. The molecule has 0 aliphatic heterocycles. The van der Waals surface area contributed by atoms with Crippen LogP contribution in [0.25, 0.3) is 0 Å². The lowest BCUT2D eigenvalue weighted by atomic mass is 10.2. The van der Waals surface area contributed by atoms with E-state index in [4.69, 9.17) is 20.5 Å². The molecule has 5 heteroatoms. The van der Waals surface area contributed by atoms with Crippen LogP contribution in [0.5, 0.6) is 17.2 Å². The first-order valence-electron chi connectivity index (χ1n) is 5.45. The molecule has 2 rings (SSSR count). The van der Waals surface area contributed by atoms with Crippen LogP contribution >= 0.6 is 15.9 Å². The minimum absolute atomic E-state index is 0.424. The van der Waals surface area contributed by atoms with Gasteiger partial charge in [-0.05, 0) is 40.2 Å². The van der Waals surface area contributed by atoms with Gasteiger partial charge in [0.15, 0.2) is 0 Å². The fraction of sp³-hybridized carbons (Fsp3) is 0.0714. The van der Waals surface area contributed by atoms with E-state index < -0.39 is 0 Å². The van der Waals surface area contributed by atoms with Gasteiger partial charge in [-0.15, -0.1) is 0 Å². The molecule has 0 aromatic heterocycles. The molecule has 0 unspecified atom stereocenters. The quantitative estimate of drug-likeness (QED) is 0.876. The molecule has 0 aliphatic rings. The Morgan fingerprint density at radius 2 is 1.95 bits per heavy atom. The van der Waals surface area contributed by atoms with Crippen molar-refractivity contribution in [3.8, 4) is 23.3 Å². The molecule has 0 fully saturated rings.